The molecule has 3 fully saturated rings. The summed E-state index contributed by atoms with van der Waals surface area (Å²) in [5, 5.41) is 3.69. The van der Waals surface area contributed by atoms with E-state index < -0.39 is 5.60 Å². The monoisotopic (exact) mass is 266 g/mol. The smallest absolute Gasteiger partial charge is 0.410 e. The van der Waals surface area contributed by atoms with Gasteiger partial charge in [-0.2, -0.15) is 0 Å². The van der Waals surface area contributed by atoms with Crippen molar-refractivity contribution in [1.29, 1.82) is 0 Å². The molecule has 2 spiro atoms. The third kappa shape index (κ3) is 2.47. The maximum absolute atomic E-state index is 12.4. The third-order valence-corrected chi connectivity index (χ3v) is 4.72. The molecule has 4 heteroatoms. The number of hydrogen-bond donors (Lipinski definition) is 1. The summed E-state index contributed by atoms with van der Waals surface area (Å²) in [7, 11) is 0. The Kier molecular flexibility index (Phi) is 2.86. The Morgan fingerprint density at radius 3 is 2.47 bits per heavy atom. The number of piperidine rings is 1. The molecule has 0 aromatic heterocycles. The molecule has 2 saturated heterocycles. The molecule has 0 aromatic carbocycles. The minimum atomic E-state index is -0.400. The summed E-state index contributed by atoms with van der Waals surface area (Å²) < 4.78 is 5.59. The van der Waals surface area contributed by atoms with E-state index in [-0.39, 0.29) is 17.2 Å². The zero-order valence-electron chi connectivity index (χ0n) is 12.4. The van der Waals surface area contributed by atoms with Crippen LogP contribution in [0.1, 0.15) is 59.3 Å². The van der Waals surface area contributed by atoms with Crippen LogP contribution in [0.25, 0.3) is 0 Å². The van der Waals surface area contributed by atoms with Crippen LogP contribution in [0.4, 0.5) is 4.79 Å². The van der Waals surface area contributed by atoms with Gasteiger partial charge in [-0.15, -0.1) is 0 Å². The van der Waals surface area contributed by atoms with Gasteiger partial charge in [-0.1, -0.05) is 6.42 Å². The molecule has 2 aliphatic heterocycles. The molecule has 3 rings (SSSR count). The number of carbonyl (C=O) groups excluding carboxylic acids is 1. The summed E-state index contributed by atoms with van der Waals surface area (Å²) in [6.07, 6.45) is 7.06. The van der Waals surface area contributed by atoms with Gasteiger partial charge in [0.15, 0.2) is 0 Å². The first-order valence-electron chi connectivity index (χ1n) is 7.60. The van der Waals surface area contributed by atoms with E-state index in [9.17, 15) is 4.79 Å². The maximum atomic E-state index is 12.4. The zero-order valence-corrected chi connectivity index (χ0v) is 12.4. The Bertz CT molecular complexity index is 376. The third-order valence-electron chi connectivity index (χ3n) is 4.72. The second kappa shape index (κ2) is 4.11. The molecule has 0 bridgehead atoms. The van der Waals surface area contributed by atoms with Gasteiger partial charge < -0.3 is 15.0 Å². The van der Waals surface area contributed by atoms with Gasteiger partial charge in [0.25, 0.3) is 0 Å². The molecular formula is C15H26N2O2. The van der Waals surface area contributed by atoms with E-state index in [2.05, 4.69) is 5.32 Å². The Morgan fingerprint density at radius 1 is 1.21 bits per heavy atom. The number of nitrogens with zero attached hydrogens (tertiary/aromatic N) is 1. The van der Waals surface area contributed by atoms with E-state index in [0.29, 0.717) is 0 Å². The minimum absolute atomic E-state index is 0.116. The van der Waals surface area contributed by atoms with Crippen LogP contribution in [-0.2, 0) is 4.74 Å². The van der Waals surface area contributed by atoms with Crippen molar-refractivity contribution in [3.05, 3.63) is 0 Å². The number of likely N-dealkylation sites (tertiary alicyclic amines) is 1. The van der Waals surface area contributed by atoms with Crippen molar-refractivity contribution < 1.29 is 9.53 Å². The van der Waals surface area contributed by atoms with Crippen molar-refractivity contribution in [2.75, 3.05) is 13.1 Å². The van der Waals surface area contributed by atoms with E-state index in [4.69, 9.17) is 4.74 Å². The number of hydrogen-bond acceptors (Lipinski definition) is 3. The van der Waals surface area contributed by atoms with Crippen LogP contribution in [-0.4, -0.2) is 40.8 Å². The maximum Gasteiger partial charge on any atom is 0.410 e. The van der Waals surface area contributed by atoms with Gasteiger partial charge in [-0.3, -0.25) is 0 Å². The molecule has 1 aliphatic carbocycles. The Morgan fingerprint density at radius 2 is 1.95 bits per heavy atom. The summed E-state index contributed by atoms with van der Waals surface area (Å²) in [6, 6.07) is 0. The summed E-state index contributed by atoms with van der Waals surface area (Å²) in [5.41, 5.74) is -0.110. The highest BCUT2D eigenvalue weighted by atomic mass is 16.6. The number of rotatable bonds is 0. The van der Waals surface area contributed by atoms with Crippen LogP contribution in [0.5, 0.6) is 0 Å². The Hall–Kier alpha value is -0.770. The van der Waals surface area contributed by atoms with Crippen molar-refractivity contribution in [2.24, 2.45) is 0 Å². The number of amides is 1. The molecule has 4 nitrogen and oxygen atoms in total. The first-order valence-corrected chi connectivity index (χ1v) is 7.60. The molecule has 1 unspecified atom stereocenters. The van der Waals surface area contributed by atoms with Crippen molar-refractivity contribution in [2.45, 2.75) is 76.0 Å². The number of ether oxygens (including phenoxy) is 1. The van der Waals surface area contributed by atoms with Crippen molar-refractivity contribution in [3.63, 3.8) is 0 Å². The molecule has 1 amide bonds. The zero-order chi connectivity index (χ0) is 13.7. The molecule has 0 radical (unpaired) electrons. The van der Waals surface area contributed by atoms with Crippen molar-refractivity contribution >= 4 is 6.09 Å². The topological polar surface area (TPSA) is 41.6 Å². The highest BCUT2D eigenvalue weighted by molar-refractivity contribution is 5.71. The lowest BCUT2D eigenvalue weighted by atomic mass is 9.86. The molecule has 108 valence electrons. The van der Waals surface area contributed by atoms with Crippen LogP contribution >= 0.6 is 0 Å². The van der Waals surface area contributed by atoms with Crippen LogP contribution in [0.3, 0.4) is 0 Å². The fraction of sp³-hybridized carbons (Fsp3) is 0.933. The molecule has 1 atom stereocenters. The average molecular weight is 266 g/mol. The molecular weight excluding hydrogens is 240 g/mol. The average Bonchev–Trinajstić information content (AvgIpc) is 2.97. The second-order valence-corrected chi connectivity index (χ2v) is 7.63. The first-order chi connectivity index (χ1) is 8.84. The van der Waals surface area contributed by atoms with Crippen molar-refractivity contribution in [3.8, 4) is 0 Å². The highest BCUT2D eigenvalue weighted by Gasteiger charge is 2.62. The highest BCUT2D eigenvalue weighted by Crippen LogP contribution is 2.54. The lowest BCUT2D eigenvalue weighted by Crippen LogP contribution is -2.51. The summed E-state index contributed by atoms with van der Waals surface area (Å²) in [4.78, 5) is 14.4. The number of nitrogens with one attached hydrogen (secondary N) is 1. The SMILES string of the molecule is CC(C)(C)OC(=O)N1CC2(CCCCN2)CC12CC2. The van der Waals surface area contributed by atoms with Gasteiger partial charge in [0.2, 0.25) is 0 Å². The van der Waals surface area contributed by atoms with Gasteiger partial charge in [-0.25, -0.2) is 4.79 Å². The molecule has 1 saturated carbocycles. The summed E-state index contributed by atoms with van der Waals surface area (Å²) in [6.45, 7) is 7.75. The first kappa shape index (κ1) is 13.2. The number of carbonyl (C=O) groups is 1. The summed E-state index contributed by atoms with van der Waals surface area (Å²) >= 11 is 0. The van der Waals surface area contributed by atoms with E-state index in [0.717, 1.165) is 32.4 Å². The predicted octanol–water partition coefficient (Wildman–Crippen LogP) is 2.67. The fourth-order valence-corrected chi connectivity index (χ4v) is 3.73. The molecule has 2 heterocycles. The Balaban J connectivity index is 1.73. The lowest BCUT2D eigenvalue weighted by molar-refractivity contribution is 0.0192. The molecule has 1 N–H and O–H groups in total. The second-order valence-electron chi connectivity index (χ2n) is 7.63. The van der Waals surface area contributed by atoms with Crippen LogP contribution in [0.2, 0.25) is 0 Å². The minimum Gasteiger partial charge on any atom is -0.444 e. The normalized spacial score (nSPS) is 32.9. The van der Waals surface area contributed by atoms with Gasteiger partial charge in [-0.05, 0) is 59.4 Å². The van der Waals surface area contributed by atoms with E-state index in [1.807, 2.05) is 25.7 Å². The largest absolute Gasteiger partial charge is 0.444 e. The van der Waals surface area contributed by atoms with Crippen molar-refractivity contribution in [1.82, 2.24) is 10.2 Å². The fourth-order valence-electron chi connectivity index (χ4n) is 3.73. The van der Waals surface area contributed by atoms with Gasteiger partial charge >= 0.3 is 6.09 Å². The van der Waals surface area contributed by atoms with Gasteiger partial charge in [0.1, 0.15) is 5.60 Å². The Labute approximate surface area is 115 Å². The van der Waals surface area contributed by atoms with E-state index >= 15 is 0 Å². The molecule has 3 aliphatic rings. The van der Waals surface area contributed by atoms with E-state index in [1.165, 1.54) is 19.3 Å². The summed E-state index contributed by atoms with van der Waals surface area (Å²) in [5.74, 6) is 0. The van der Waals surface area contributed by atoms with Crippen LogP contribution in [0.15, 0.2) is 0 Å². The quantitative estimate of drug-likeness (QED) is 0.733. The standard InChI is InChI=1S/C15H26N2O2/c1-13(2,3)19-12(18)17-11-14(6-4-5-9-16-14)10-15(17)7-8-15/h16H,4-11H2,1-3H3. The molecule has 19 heavy (non-hydrogen) atoms. The van der Waals surface area contributed by atoms with Gasteiger partial charge in [0, 0.05) is 17.6 Å². The predicted molar refractivity (Wildman–Crippen MR) is 74.1 cm³/mol. The van der Waals surface area contributed by atoms with Crippen LogP contribution in [0, 0.1) is 0 Å². The lowest BCUT2D eigenvalue weighted by Gasteiger charge is -2.34. The van der Waals surface area contributed by atoms with E-state index in [1.54, 1.807) is 0 Å². The molecule has 0 aromatic rings. The van der Waals surface area contributed by atoms with Gasteiger partial charge in [0.05, 0.1) is 0 Å². The van der Waals surface area contributed by atoms with Crippen LogP contribution < -0.4 is 5.32 Å².